The van der Waals surface area contributed by atoms with E-state index in [4.69, 9.17) is 9.57 Å². The molecule has 0 spiro atoms. The van der Waals surface area contributed by atoms with E-state index in [9.17, 15) is 14.0 Å². The molecule has 2 saturated heterocycles. The molecule has 2 aliphatic heterocycles. The largest absolute Gasteiger partial charge is 0.497 e. The van der Waals surface area contributed by atoms with Crippen molar-refractivity contribution in [3.8, 4) is 5.75 Å². The van der Waals surface area contributed by atoms with E-state index in [0.29, 0.717) is 11.4 Å². The highest BCUT2D eigenvalue weighted by molar-refractivity contribution is 6.23. The Morgan fingerprint density at radius 2 is 1.61 bits per heavy atom. The SMILES string of the molecule is COc1cccc([C@@H]2[C@H]3C(=O)N(c4ccc(F)cc4)C(=O)[C@@H]3ON2c2ccccc2)c1. The lowest BCUT2D eigenvalue weighted by atomic mass is 9.90. The van der Waals surface area contributed by atoms with E-state index in [1.54, 1.807) is 12.2 Å². The van der Waals surface area contributed by atoms with E-state index in [0.717, 1.165) is 16.2 Å². The molecule has 0 saturated carbocycles. The Morgan fingerprint density at radius 1 is 0.871 bits per heavy atom. The van der Waals surface area contributed by atoms with Gasteiger partial charge in [-0.3, -0.25) is 14.4 Å². The number of anilines is 2. The van der Waals surface area contributed by atoms with Gasteiger partial charge in [-0.2, -0.15) is 0 Å². The average molecular weight is 418 g/mol. The zero-order valence-electron chi connectivity index (χ0n) is 16.6. The molecule has 2 aliphatic rings. The van der Waals surface area contributed by atoms with Gasteiger partial charge in [0.2, 0.25) is 5.91 Å². The third kappa shape index (κ3) is 3.14. The molecule has 156 valence electrons. The molecule has 0 N–H and O–H groups in total. The van der Waals surface area contributed by atoms with Gasteiger partial charge < -0.3 is 4.74 Å². The molecule has 3 aromatic rings. The summed E-state index contributed by atoms with van der Waals surface area (Å²) in [6.45, 7) is 0. The van der Waals surface area contributed by atoms with Gasteiger partial charge in [-0.1, -0.05) is 30.3 Å². The molecule has 5 rings (SSSR count). The molecule has 7 heteroatoms. The van der Waals surface area contributed by atoms with Gasteiger partial charge in [-0.05, 0) is 54.1 Å². The van der Waals surface area contributed by atoms with Crippen LogP contribution >= 0.6 is 0 Å². The smallest absolute Gasteiger partial charge is 0.266 e. The van der Waals surface area contributed by atoms with Gasteiger partial charge in [0.25, 0.3) is 5.91 Å². The highest BCUT2D eigenvalue weighted by Gasteiger charge is 2.60. The number of amides is 2. The summed E-state index contributed by atoms with van der Waals surface area (Å²) in [7, 11) is 1.57. The Labute approximate surface area is 178 Å². The first-order chi connectivity index (χ1) is 15.1. The third-order valence-corrected chi connectivity index (χ3v) is 5.65. The van der Waals surface area contributed by atoms with Crippen LogP contribution in [-0.2, 0) is 14.4 Å². The van der Waals surface area contributed by atoms with Crippen molar-refractivity contribution in [2.24, 2.45) is 5.92 Å². The Balaban J connectivity index is 1.59. The third-order valence-electron chi connectivity index (χ3n) is 5.65. The lowest BCUT2D eigenvalue weighted by molar-refractivity contribution is -0.126. The number of ether oxygens (including phenoxy) is 1. The number of rotatable bonds is 4. The number of imide groups is 1. The van der Waals surface area contributed by atoms with Crippen LogP contribution in [0.3, 0.4) is 0 Å². The highest BCUT2D eigenvalue weighted by atomic mass is 19.1. The molecule has 0 aliphatic carbocycles. The van der Waals surface area contributed by atoms with Crippen molar-refractivity contribution in [2.75, 3.05) is 17.1 Å². The van der Waals surface area contributed by atoms with Crippen molar-refractivity contribution in [1.29, 1.82) is 0 Å². The number of hydrogen-bond acceptors (Lipinski definition) is 5. The zero-order valence-corrected chi connectivity index (χ0v) is 16.6. The first kappa shape index (κ1) is 19.3. The fraction of sp³-hybridized carbons (Fsp3) is 0.167. The van der Waals surface area contributed by atoms with Crippen LogP contribution in [0, 0.1) is 11.7 Å². The minimum Gasteiger partial charge on any atom is -0.497 e. The first-order valence-electron chi connectivity index (χ1n) is 9.87. The van der Waals surface area contributed by atoms with Crippen LogP contribution in [0.25, 0.3) is 0 Å². The lowest BCUT2D eigenvalue weighted by Crippen LogP contribution is -2.37. The molecule has 0 aromatic heterocycles. The molecular weight excluding hydrogens is 399 g/mol. The number of halogens is 1. The van der Waals surface area contributed by atoms with E-state index in [1.165, 1.54) is 24.3 Å². The van der Waals surface area contributed by atoms with Gasteiger partial charge in [-0.25, -0.2) is 14.4 Å². The monoisotopic (exact) mass is 418 g/mol. The second-order valence-electron chi connectivity index (χ2n) is 7.42. The molecule has 31 heavy (non-hydrogen) atoms. The second kappa shape index (κ2) is 7.52. The molecular formula is C24H19FN2O4. The van der Waals surface area contributed by atoms with E-state index < -0.39 is 29.8 Å². The Hall–Kier alpha value is -3.71. The summed E-state index contributed by atoms with van der Waals surface area (Å²) >= 11 is 0. The molecule has 0 bridgehead atoms. The second-order valence-corrected chi connectivity index (χ2v) is 7.42. The molecule has 6 nitrogen and oxygen atoms in total. The summed E-state index contributed by atoms with van der Waals surface area (Å²) in [6.07, 6.45) is -0.978. The van der Waals surface area contributed by atoms with Crippen LogP contribution in [0.4, 0.5) is 15.8 Å². The van der Waals surface area contributed by atoms with Gasteiger partial charge in [0.05, 0.1) is 24.5 Å². The standard InChI is InChI=1S/C24H19FN2O4/c1-30-19-9-5-6-15(14-19)21-20-22(31-27(21)18-7-3-2-4-8-18)24(29)26(23(20)28)17-12-10-16(25)11-13-17/h2-14,20-22H,1H3/t20-,21-,22-/m1/s1. The van der Waals surface area contributed by atoms with E-state index in [2.05, 4.69) is 0 Å². The summed E-state index contributed by atoms with van der Waals surface area (Å²) in [5.74, 6) is -1.41. The van der Waals surface area contributed by atoms with Gasteiger partial charge in [0.15, 0.2) is 6.10 Å². The van der Waals surface area contributed by atoms with Gasteiger partial charge in [0.1, 0.15) is 17.5 Å². The van der Waals surface area contributed by atoms with Gasteiger partial charge >= 0.3 is 0 Å². The fourth-order valence-corrected chi connectivity index (χ4v) is 4.22. The summed E-state index contributed by atoms with van der Waals surface area (Å²) in [5.41, 5.74) is 1.85. The van der Waals surface area contributed by atoms with Crippen LogP contribution in [0.2, 0.25) is 0 Å². The topological polar surface area (TPSA) is 59.1 Å². The minimum absolute atomic E-state index is 0.324. The predicted molar refractivity (Wildman–Crippen MR) is 112 cm³/mol. The average Bonchev–Trinajstić information content (AvgIpc) is 3.31. The van der Waals surface area contributed by atoms with Crippen LogP contribution < -0.4 is 14.7 Å². The van der Waals surface area contributed by atoms with Crippen molar-refractivity contribution in [1.82, 2.24) is 0 Å². The zero-order chi connectivity index (χ0) is 21.5. The maximum absolute atomic E-state index is 13.5. The van der Waals surface area contributed by atoms with Gasteiger partial charge in [-0.15, -0.1) is 0 Å². The molecule has 0 unspecified atom stereocenters. The van der Waals surface area contributed by atoms with Crippen molar-refractivity contribution in [3.63, 3.8) is 0 Å². The number of methoxy groups -OCH3 is 1. The van der Waals surface area contributed by atoms with Crippen LogP contribution in [0.5, 0.6) is 5.75 Å². The Kier molecular flexibility index (Phi) is 4.67. The van der Waals surface area contributed by atoms with E-state index >= 15 is 0 Å². The molecule has 2 amide bonds. The number of para-hydroxylation sites is 1. The summed E-state index contributed by atoms with van der Waals surface area (Å²) in [6, 6.07) is 21.5. The van der Waals surface area contributed by atoms with Crippen molar-refractivity contribution in [3.05, 3.63) is 90.2 Å². The molecule has 3 aromatic carbocycles. The quantitative estimate of drug-likeness (QED) is 0.602. The predicted octanol–water partition coefficient (Wildman–Crippen LogP) is 3.89. The first-order valence-corrected chi connectivity index (χ1v) is 9.87. The fourth-order valence-electron chi connectivity index (χ4n) is 4.22. The lowest BCUT2D eigenvalue weighted by Gasteiger charge is -2.29. The maximum Gasteiger partial charge on any atom is 0.266 e. The number of fused-ring (bicyclic) bond motifs is 1. The number of carbonyl (C=O) groups is 2. The van der Waals surface area contributed by atoms with Crippen LogP contribution in [0.15, 0.2) is 78.9 Å². The normalized spacial score (nSPS) is 22.7. The maximum atomic E-state index is 13.5. The number of hydrogen-bond donors (Lipinski definition) is 0. The van der Waals surface area contributed by atoms with E-state index in [1.807, 2.05) is 54.6 Å². The molecule has 0 radical (unpaired) electrons. The minimum atomic E-state index is -0.978. The summed E-state index contributed by atoms with van der Waals surface area (Å²) in [5, 5.41) is 1.63. The van der Waals surface area contributed by atoms with Crippen molar-refractivity contribution in [2.45, 2.75) is 12.1 Å². The van der Waals surface area contributed by atoms with Crippen LogP contribution in [0.1, 0.15) is 11.6 Å². The summed E-state index contributed by atoms with van der Waals surface area (Å²) < 4.78 is 18.7. The molecule has 3 atom stereocenters. The number of nitrogens with zero attached hydrogens (tertiary/aromatic N) is 2. The van der Waals surface area contributed by atoms with Crippen molar-refractivity contribution < 1.29 is 23.6 Å². The number of carbonyl (C=O) groups excluding carboxylic acids is 2. The Morgan fingerprint density at radius 3 is 2.32 bits per heavy atom. The number of benzene rings is 3. The molecule has 2 fully saturated rings. The Bertz CT molecular complexity index is 1140. The highest BCUT2D eigenvalue weighted by Crippen LogP contribution is 2.47. The number of hydroxylamine groups is 1. The van der Waals surface area contributed by atoms with E-state index in [-0.39, 0.29) is 5.91 Å². The molecule has 2 heterocycles. The van der Waals surface area contributed by atoms with Crippen LogP contribution in [-0.4, -0.2) is 25.0 Å². The van der Waals surface area contributed by atoms with Gasteiger partial charge in [0, 0.05) is 0 Å². The summed E-state index contributed by atoms with van der Waals surface area (Å²) in [4.78, 5) is 33.8. The van der Waals surface area contributed by atoms with Crippen molar-refractivity contribution >= 4 is 23.2 Å².